The number of halogens is 3. The van der Waals surface area contributed by atoms with Gasteiger partial charge in [-0.05, 0) is 47.7 Å². The molecule has 202 valence electrons. The van der Waals surface area contributed by atoms with Crippen molar-refractivity contribution in [3.8, 4) is 28.0 Å². The van der Waals surface area contributed by atoms with Crippen LogP contribution in [0.3, 0.4) is 0 Å². The molecule has 1 aliphatic heterocycles. The second kappa shape index (κ2) is 13.6. The second-order valence-corrected chi connectivity index (χ2v) is 9.62. The van der Waals surface area contributed by atoms with Gasteiger partial charge in [0.2, 0.25) is 5.82 Å². The number of hydrogen-bond donors (Lipinski definition) is 0. The summed E-state index contributed by atoms with van der Waals surface area (Å²) in [5, 5.41) is 0. The molecule has 0 radical (unpaired) electrons. The van der Waals surface area contributed by atoms with E-state index < -0.39 is 11.6 Å². The maximum absolute atomic E-state index is 15.1. The maximum atomic E-state index is 15.1. The first-order valence-electron chi connectivity index (χ1n) is 13.4. The van der Waals surface area contributed by atoms with E-state index in [0.29, 0.717) is 36.5 Å². The van der Waals surface area contributed by atoms with Crippen LogP contribution in [0.5, 0.6) is 5.75 Å². The summed E-state index contributed by atoms with van der Waals surface area (Å²) >= 11 is 0. The molecule has 0 bridgehead atoms. The van der Waals surface area contributed by atoms with Crippen molar-refractivity contribution in [3.63, 3.8) is 0 Å². The van der Waals surface area contributed by atoms with Crippen molar-refractivity contribution in [1.29, 1.82) is 0 Å². The van der Waals surface area contributed by atoms with E-state index in [9.17, 15) is 8.78 Å². The first-order chi connectivity index (χ1) is 18.5. The number of ether oxygens (including phenoxy) is 3. The zero-order valence-corrected chi connectivity index (χ0v) is 21.9. The summed E-state index contributed by atoms with van der Waals surface area (Å²) < 4.78 is 61.5. The average Bonchev–Trinajstić information content (AvgIpc) is 2.94. The standard InChI is InChI=1S/C32H35F3O3/c1-3-5-7-8-18-36-29-17-16-27(31(34)32(29)35)23-12-10-22(11-13-23)26-15-14-24(19-28(26)33)25-20-37-30(38-21-25)9-6-4-2/h4,10-17,19,25,30H,2-3,5-9,18,20-21H2,1H3. The SMILES string of the molecule is C=CCCC1OCC(c2ccc(-c3ccc(-c4ccc(OCCCCCC)c(F)c4F)cc3)c(F)c2)CO1. The number of hydrogen-bond acceptors (Lipinski definition) is 3. The van der Waals surface area contributed by atoms with Gasteiger partial charge in [-0.25, -0.2) is 8.78 Å². The molecule has 0 amide bonds. The molecule has 0 saturated carbocycles. The van der Waals surface area contributed by atoms with Crippen molar-refractivity contribution in [3.05, 3.63) is 90.3 Å². The van der Waals surface area contributed by atoms with Gasteiger partial charge in [-0.1, -0.05) is 68.7 Å². The van der Waals surface area contributed by atoms with Gasteiger partial charge in [0.25, 0.3) is 0 Å². The fourth-order valence-electron chi connectivity index (χ4n) is 4.58. The van der Waals surface area contributed by atoms with Crippen molar-refractivity contribution >= 4 is 0 Å². The number of benzene rings is 3. The fraction of sp³-hybridized carbons (Fsp3) is 0.375. The van der Waals surface area contributed by atoms with Crippen molar-refractivity contribution in [2.75, 3.05) is 19.8 Å². The second-order valence-electron chi connectivity index (χ2n) is 9.62. The molecule has 3 aromatic rings. The lowest BCUT2D eigenvalue weighted by Gasteiger charge is -2.29. The minimum Gasteiger partial charge on any atom is -0.490 e. The number of allylic oxidation sites excluding steroid dienone is 1. The van der Waals surface area contributed by atoms with Gasteiger partial charge in [0.15, 0.2) is 17.9 Å². The molecular formula is C32H35F3O3. The zero-order chi connectivity index (χ0) is 26.9. The van der Waals surface area contributed by atoms with Gasteiger partial charge < -0.3 is 14.2 Å². The Hall–Kier alpha value is -3.09. The van der Waals surface area contributed by atoms with Crippen molar-refractivity contribution < 1.29 is 27.4 Å². The Morgan fingerprint density at radius 1 is 0.868 bits per heavy atom. The lowest BCUT2D eigenvalue weighted by Crippen LogP contribution is -2.30. The van der Waals surface area contributed by atoms with E-state index in [1.54, 1.807) is 30.3 Å². The van der Waals surface area contributed by atoms with Gasteiger partial charge in [0.1, 0.15) is 5.82 Å². The predicted octanol–water partition coefficient (Wildman–Crippen LogP) is 8.82. The molecule has 6 heteroatoms. The summed E-state index contributed by atoms with van der Waals surface area (Å²) in [5.41, 5.74) is 2.52. The predicted molar refractivity (Wildman–Crippen MR) is 145 cm³/mol. The lowest BCUT2D eigenvalue weighted by molar-refractivity contribution is -0.189. The van der Waals surface area contributed by atoms with Crippen LogP contribution in [-0.4, -0.2) is 26.1 Å². The van der Waals surface area contributed by atoms with Gasteiger partial charge in [-0.3, -0.25) is 0 Å². The summed E-state index contributed by atoms with van der Waals surface area (Å²) in [5.74, 6) is -2.43. The minimum absolute atomic E-state index is 0.0397. The van der Waals surface area contributed by atoms with Crippen LogP contribution < -0.4 is 4.74 Å². The van der Waals surface area contributed by atoms with Crippen LogP contribution in [0, 0.1) is 17.5 Å². The molecule has 0 aliphatic carbocycles. The summed E-state index contributed by atoms with van der Waals surface area (Å²) in [6.07, 6.45) is 7.13. The molecule has 38 heavy (non-hydrogen) atoms. The third kappa shape index (κ3) is 6.86. The van der Waals surface area contributed by atoms with E-state index >= 15 is 4.39 Å². The van der Waals surface area contributed by atoms with Crippen LogP contribution in [0.25, 0.3) is 22.3 Å². The van der Waals surface area contributed by atoms with Gasteiger partial charge in [0.05, 0.1) is 19.8 Å². The third-order valence-corrected chi connectivity index (χ3v) is 6.85. The van der Waals surface area contributed by atoms with Gasteiger partial charge in [-0.15, -0.1) is 6.58 Å². The van der Waals surface area contributed by atoms with Crippen molar-refractivity contribution in [1.82, 2.24) is 0 Å². The molecule has 0 atom stereocenters. The normalized spacial score (nSPS) is 17.4. The molecule has 0 N–H and O–H groups in total. The molecule has 1 saturated heterocycles. The van der Waals surface area contributed by atoms with Crippen molar-refractivity contribution in [2.24, 2.45) is 0 Å². The third-order valence-electron chi connectivity index (χ3n) is 6.85. The molecule has 0 unspecified atom stereocenters. The highest BCUT2D eigenvalue weighted by Crippen LogP contribution is 2.33. The van der Waals surface area contributed by atoms with Crippen LogP contribution in [0.2, 0.25) is 0 Å². The average molecular weight is 525 g/mol. The van der Waals surface area contributed by atoms with E-state index in [0.717, 1.165) is 44.1 Å². The summed E-state index contributed by atoms with van der Waals surface area (Å²) in [6.45, 7) is 7.11. The van der Waals surface area contributed by atoms with Gasteiger partial charge in [0, 0.05) is 23.5 Å². The largest absolute Gasteiger partial charge is 0.490 e. The first kappa shape index (κ1) is 27.9. The molecule has 0 aromatic heterocycles. The Bertz CT molecular complexity index is 1200. The molecule has 3 aromatic carbocycles. The monoisotopic (exact) mass is 524 g/mol. The Morgan fingerprint density at radius 2 is 1.55 bits per heavy atom. The Balaban J connectivity index is 1.41. The van der Waals surface area contributed by atoms with E-state index in [-0.39, 0.29) is 29.3 Å². The van der Waals surface area contributed by atoms with Gasteiger partial charge in [-0.2, -0.15) is 4.39 Å². The van der Waals surface area contributed by atoms with E-state index in [4.69, 9.17) is 14.2 Å². The Morgan fingerprint density at radius 3 is 2.21 bits per heavy atom. The quantitative estimate of drug-likeness (QED) is 0.175. The summed E-state index contributed by atoms with van der Waals surface area (Å²) in [6, 6.07) is 14.8. The molecule has 3 nitrogen and oxygen atoms in total. The van der Waals surface area contributed by atoms with Crippen LogP contribution in [-0.2, 0) is 9.47 Å². The Kier molecular flexibility index (Phi) is 10.0. The van der Waals surface area contributed by atoms with Crippen LogP contribution in [0.15, 0.2) is 67.3 Å². The topological polar surface area (TPSA) is 27.7 Å². The summed E-state index contributed by atoms with van der Waals surface area (Å²) in [4.78, 5) is 0. The molecular weight excluding hydrogens is 489 g/mol. The highest BCUT2D eigenvalue weighted by atomic mass is 19.2. The number of rotatable bonds is 12. The molecule has 1 aliphatic rings. The van der Waals surface area contributed by atoms with E-state index in [1.165, 1.54) is 18.2 Å². The molecule has 4 rings (SSSR count). The smallest absolute Gasteiger partial charge is 0.201 e. The highest BCUT2D eigenvalue weighted by molar-refractivity contribution is 5.71. The summed E-state index contributed by atoms with van der Waals surface area (Å²) in [7, 11) is 0. The van der Waals surface area contributed by atoms with E-state index in [2.05, 4.69) is 13.5 Å². The fourth-order valence-corrected chi connectivity index (χ4v) is 4.58. The molecule has 1 fully saturated rings. The van der Waals surface area contributed by atoms with Crippen LogP contribution in [0.4, 0.5) is 13.2 Å². The minimum atomic E-state index is -0.994. The molecule has 1 heterocycles. The van der Waals surface area contributed by atoms with E-state index in [1.807, 2.05) is 12.1 Å². The lowest BCUT2D eigenvalue weighted by atomic mass is 9.95. The van der Waals surface area contributed by atoms with Gasteiger partial charge >= 0.3 is 0 Å². The maximum Gasteiger partial charge on any atom is 0.201 e. The highest BCUT2D eigenvalue weighted by Gasteiger charge is 2.24. The number of unbranched alkanes of at least 4 members (excludes halogenated alkanes) is 3. The zero-order valence-electron chi connectivity index (χ0n) is 21.9. The van der Waals surface area contributed by atoms with Crippen LogP contribution in [0.1, 0.15) is 56.9 Å². The van der Waals surface area contributed by atoms with Crippen LogP contribution >= 0.6 is 0 Å². The molecule has 0 spiro atoms. The van der Waals surface area contributed by atoms with Crippen molar-refractivity contribution in [2.45, 2.75) is 57.7 Å². The first-order valence-corrected chi connectivity index (χ1v) is 13.4. The Labute approximate surface area is 223 Å².